The third-order valence-corrected chi connectivity index (χ3v) is 6.38. The van der Waals surface area contributed by atoms with Crippen molar-refractivity contribution < 1.29 is 9.59 Å². The van der Waals surface area contributed by atoms with E-state index in [-0.39, 0.29) is 11.8 Å². The lowest BCUT2D eigenvalue weighted by molar-refractivity contribution is -0.137. The van der Waals surface area contributed by atoms with Gasteiger partial charge >= 0.3 is 0 Å². The molecule has 5 heteroatoms. The first kappa shape index (κ1) is 22.3. The van der Waals surface area contributed by atoms with E-state index in [1.807, 2.05) is 36.4 Å². The predicted molar refractivity (Wildman–Crippen MR) is 128 cm³/mol. The molecule has 0 spiro atoms. The van der Waals surface area contributed by atoms with Gasteiger partial charge in [-0.2, -0.15) is 0 Å². The number of imide groups is 1. The molecule has 0 bridgehead atoms. The lowest BCUT2D eigenvalue weighted by Crippen LogP contribution is -2.47. The second-order valence-electron chi connectivity index (χ2n) is 8.66. The summed E-state index contributed by atoms with van der Waals surface area (Å²) >= 11 is 0. The number of benzene rings is 2. The molecule has 1 fully saturated rings. The quantitative estimate of drug-likeness (QED) is 0.442. The fourth-order valence-electron chi connectivity index (χ4n) is 4.59. The maximum absolute atomic E-state index is 13.4. The zero-order chi connectivity index (χ0) is 22.3. The zero-order valence-electron chi connectivity index (χ0n) is 19.0. The monoisotopic (exact) mass is 431 g/mol. The SMILES string of the molecule is CCCCCCN1C(=O)C(c2ccccc2)=C(N2CCN(Cc3ccccc3)CC2)C1=O. The molecule has 0 aromatic heterocycles. The molecule has 5 nitrogen and oxygen atoms in total. The molecule has 0 aliphatic carbocycles. The van der Waals surface area contributed by atoms with Gasteiger partial charge in [-0.25, -0.2) is 0 Å². The number of unbranched alkanes of at least 4 members (excludes halogenated alkanes) is 3. The van der Waals surface area contributed by atoms with Crippen molar-refractivity contribution in [2.75, 3.05) is 32.7 Å². The summed E-state index contributed by atoms with van der Waals surface area (Å²) in [5.41, 5.74) is 3.30. The van der Waals surface area contributed by atoms with E-state index in [1.165, 1.54) is 10.5 Å². The van der Waals surface area contributed by atoms with Gasteiger partial charge < -0.3 is 4.90 Å². The Bertz CT molecular complexity index is 947. The van der Waals surface area contributed by atoms with Crippen LogP contribution in [0.15, 0.2) is 66.4 Å². The van der Waals surface area contributed by atoms with E-state index in [0.717, 1.165) is 64.0 Å². The van der Waals surface area contributed by atoms with Gasteiger partial charge in [-0.15, -0.1) is 0 Å². The highest BCUT2D eigenvalue weighted by molar-refractivity contribution is 6.35. The van der Waals surface area contributed by atoms with Gasteiger partial charge in [0.25, 0.3) is 11.8 Å². The maximum atomic E-state index is 13.4. The highest BCUT2D eigenvalue weighted by atomic mass is 16.2. The molecule has 2 heterocycles. The second-order valence-corrected chi connectivity index (χ2v) is 8.66. The summed E-state index contributed by atoms with van der Waals surface area (Å²) in [6.45, 7) is 6.83. The van der Waals surface area contributed by atoms with E-state index < -0.39 is 0 Å². The molecule has 2 aromatic carbocycles. The van der Waals surface area contributed by atoms with Crippen molar-refractivity contribution in [2.24, 2.45) is 0 Å². The molecule has 4 rings (SSSR count). The van der Waals surface area contributed by atoms with Crippen molar-refractivity contribution in [1.82, 2.24) is 14.7 Å². The molecule has 1 saturated heterocycles. The molecule has 0 atom stereocenters. The van der Waals surface area contributed by atoms with Crippen LogP contribution >= 0.6 is 0 Å². The Labute approximate surface area is 191 Å². The summed E-state index contributed by atoms with van der Waals surface area (Å²) in [5, 5.41) is 0. The minimum absolute atomic E-state index is 0.123. The van der Waals surface area contributed by atoms with Crippen molar-refractivity contribution >= 4 is 17.4 Å². The number of carbonyl (C=O) groups excluding carboxylic acids is 2. The molecule has 0 N–H and O–H groups in total. The van der Waals surface area contributed by atoms with Crippen molar-refractivity contribution in [3.63, 3.8) is 0 Å². The Morgan fingerprint density at radius 1 is 0.750 bits per heavy atom. The molecule has 2 amide bonds. The van der Waals surface area contributed by atoms with Crippen molar-refractivity contribution in [3.05, 3.63) is 77.5 Å². The molecule has 0 radical (unpaired) electrons. The Hall–Kier alpha value is -2.92. The van der Waals surface area contributed by atoms with E-state index in [4.69, 9.17) is 0 Å². The summed E-state index contributed by atoms with van der Waals surface area (Å²) in [6, 6.07) is 20.2. The van der Waals surface area contributed by atoms with Crippen LogP contribution in [-0.4, -0.2) is 59.2 Å². The Morgan fingerprint density at radius 2 is 1.41 bits per heavy atom. The molecule has 0 unspecified atom stereocenters. The molecule has 168 valence electrons. The predicted octanol–water partition coefficient (Wildman–Crippen LogP) is 4.16. The first-order valence-electron chi connectivity index (χ1n) is 11.9. The van der Waals surface area contributed by atoms with E-state index in [9.17, 15) is 9.59 Å². The maximum Gasteiger partial charge on any atom is 0.277 e. The molecular weight excluding hydrogens is 398 g/mol. The average molecular weight is 432 g/mol. The number of nitrogens with zero attached hydrogens (tertiary/aromatic N) is 3. The lowest BCUT2D eigenvalue weighted by Gasteiger charge is -2.36. The van der Waals surface area contributed by atoms with E-state index in [0.29, 0.717) is 17.8 Å². The van der Waals surface area contributed by atoms with Crippen LogP contribution in [0.4, 0.5) is 0 Å². The van der Waals surface area contributed by atoms with Crippen LogP contribution in [0.3, 0.4) is 0 Å². The zero-order valence-corrected chi connectivity index (χ0v) is 19.0. The molecular formula is C27H33N3O2. The summed E-state index contributed by atoms with van der Waals surface area (Å²) in [6.07, 6.45) is 4.17. The van der Waals surface area contributed by atoms with Crippen LogP contribution in [0.1, 0.15) is 43.7 Å². The third-order valence-electron chi connectivity index (χ3n) is 6.38. The molecule has 2 aromatic rings. The summed E-state index contributed by atoms with van der Waals surface area (Å²) in [5.74, 6) is -0.263. The second kappa shape index (κ2) is 10.6. The third kappa shape index (κ3) is 4.94. The highest BCUT2D eigenvalue weighted by Gasteiger charge is 2.41. The average Bonchev–Trinajstić information content (AvgIpc) is 3.08. The van der Waals surface area contributed by atoms with Gasteiger partial charge in [0.15, 0.2) is 0 Å². The van der Waals surface area contributed by atoms with Gasteiger partial charge in [0.2, 0.25) is 0 Å². The van der Waals surface area contributed by atoms with Gasteiger partial charge in [-0.3, -0.25) is 19.4 Å². The summed E-state index contributed by atoms with van der Waals surface area (Å²) < 4.78 is 0. The van der Waals surface area contributed by atoms with Crippen molar-refractivity contribution in [2.45, 2.75) is 39.2 Å². The number of hydrogen-bond donors (Lipinski definition) is 0. The summed E-state index contributed by atoms with van der Waals surface area (Å²) in [7, 11) is 0. The van der Waals surface area contributed by atoms with Gasteiger partial charge in [-0.1, -0.05) is 86.8 Å². The van der Waals surface area contributed by atoms with E-state index >= 15 is 0 Å². The number of piperazine rings is 1. The Morgan fingerprint density at radius 3 is 2.06 bits per heavy atom. The molecule has 2 aliphatic heterocycles. The minimum Gasteiger partial charge on any atom is -0.364 e. The standard InChI is InChI=1S/C27H33N3O2/c1-2-3-4-11-16-30-26(31)24(23-14-9-6-10-15-23)25(27(30)32)29-19-17-28(18-20-29)21-22-12-7-5-8-13-22/h5-10,12-15H,2-4,11,16-21H2,1H3. The van der Waals surface area contributed by atoms with Crippen LogP contribution < -0.4 is 0 Å². The van der Waals surface area contributed by atoms with Gasteiger partial charge in [0, 0.05) is 39.3 Å². The topological polar surface area (TPSA) is 43.9 Å². The van der Waals surface area contributed by atoms with Crippen LogP contribution in [0.2, 0.25) is 0 Å². The van der Waals surface area contributed by atoms with Gasteiger partial charge in [0.1, 0.15) is 5.70 Å². The van der Waals surface area contributed by atoms with Crippen molar-refractivity contribution in [3.8, 4) is 0 Å². The van der Waals surface area contributed by atoms with E-state index in [2.05, 4.69) is 41.0 Å². The number of amides is 2. The molecule has 2 aliphatic rings. The molecule has 0 saturated carbocycles. The van der Waals surface area contributed by atoms with Crippen LogP contribution in [0, 0.1) is 0 Å². The Balaban J connectivity index is 1.50. The van der Waals surface area contributed by atoms with Gasteiger partial charge in [-0.05, 0) is 17.5 Å². The van der Waals surface area contributed by atoms with Crippen LogP contribution in [0.5, 0.6) is 0 Å². The number of rotatable bonds is 9. The minimum atomic E-state index is -0.139. The van der Waals surface area contributed by atoms with Crippen LogP contribution in [0.25, 0.3) is 5.57 Å². The molecule has 32 heavy (non-hydrogen) atoms. The van der Waals surface area contributed by atoms with E-state index in [1.54, 1.807) is 0 Å². The van der Waals surface area contributed by atoms with Crippen LogP contribution in [-0.2, 0) is 16.1 Å². The van der Waals surface area contributed by atoms with Crippen molar-refractivity contribution in [1.29, 1.82) is 0 Å². The Kier molecular flexibility index (Phi) is 7.38. The summed E-state index contributed by atoms with van der Waals surface area (Å²) in [4.78, 5) is 32.8. The fraction of sp³-hybridized carbons (Fsp3) is 0.407. The first-order chi connectivity index (χ1) is 15.7. The largest absolute Gasteiger partial charge is 0.364 e. The number of carbonyl (C=O) groups is 2. The first-order valence-corrected chi connectivity index (χ1v) is 11.9. The lowest BCUT2D eigenvalue weighted by atomic mass is 10.0. The smallest absolute Gasteiger partial charge is 0.277 e. The fourth-order valence-corrected chi connectivity index (χ4v) is 4.59. The number of hydrogen-bond acceptors (Lipinski definition) is 4. The normalized spacial score (nSPS) is 17.5. The highest BCUT2D eigenvalue weighted by Crippen LogP contribution is 2.32. The van der Waals surface area contributed by atoms with Gasteiger partial charge in [0.05, 0.1) is 5.57 Å².